The molecular formula is C16H18ClNS2. The van der Waals surface area contributed by atoms with Crippen LogP contribution in [0.4, 0.5) is 0 Å². The van der Waals surface area contributed by atoms with Crippen LogP contribution in [-0.4, -0.2) is 12.3 Å². The van der Waals surface area contributed by atoms with Crippen LogP contribution in [0.3, 0.4) is 0 Å². The average molecular weight is 324 g/mol. The molecule has 0 radical (unpaired) electrons. The van der Waals surface area contributed by atoms with Crippen molar-refractivity contribution in [3.8, 4) is 0 Å². The van der Waals surface area contributed by atoms with E-state index in [4.69, 9.17) is 11.6 Å². The molecule has 1 aromatic heterocycles. The molecule has 0 fully saturated rings. The van der Waals surface area contributed by atoms with Crippen molar-refractivity contribution in [2.24, 2.45) is 0 Å². The van der Waals surface area contributed by atoms with Crippen LogP contribution in [0.5, 0.6) is 0 Å². The fourth-order valence-electron chi connectivity index (χ4n) is 2.54. The van der Waals surface area contributed by atoms with Crippen LogP contribution in [0.25, 0.3) is 0 Å². The van der Waals surface area contributed by atoms with Gasteiger partial charge in [-0.15, -0.1) is 23.1 Å². The normalized spacial score (nSPS) is 13.7. The summed E-state index contributed by atoms with van der Waals surface area (Å²) < 4.78 is 0.870. The van der Waals surface area contributed by atoms with Crippen molar-refractivity contribution >= 4 is 34.7 Å². The molecule has 1 heterocycles. The van der Waals surface area contributed by atoms with E-state index in [0.29, 0.717) is 0 Å². The highest BCUT2D eigenvalue weighted by Gasteiger charge is 2.10. The van der Waals surface area contributed by atoms with Crippen molar-refractivity contribution in [3.63, 3.8) is 0 Å². The maximum Gasteiger partial charge on any atom is 0.0931 e. The second-order valence-corrected chi connectivity index (χ2v) is 7.98. The summed E-state index contributed by atoms with van der Waals surface area (Å²) in [5.74, 6) is 1.11. The molecule has 20 heavy (non-hydrogen) atoms. The lowest BCUT2D eigenvalue weighted by atomic mass is 10.1. The molecule has 106 valence electrons. The second-order valence-electron chi connectivity index (χ2n) is 5.02. The van der Waals surface area contributed by atoms with E-state index in [1.165, 1.54) is 29.0 Å². The zero-order valence-electron chi connectivity index (χ0n) is 11.3. The molecule has 0 saturated heterocycles. The molecule has 1 aliphatic carbocycles. The highest BCUT2D eigenvalue weighted by atomic mass is 35.5. The van der Waals surface area contributed by atoms with Crippen LogP contribution < -0.4 is 5.32 Å². The second kappa shape index (κ2) is 6.99. The molecule has 0 bridgehead atoms. The van der Waals surface area contributed by atoms with Crippen LogP contribution in [-0.2, 0) is 19.4 Å². The number of fused-ring (bicyclic) bond motifs is 1. The standard InChI is InChI=1S/C16H18ClNS2/c17-16-7-6-15(20-16)11-18-8-9-19-14-5-4-12-2-1-3-13(12)10-14/h4-7,10,18H,1-3,8-9,11H2. The predicted molar refractivity (Wildman–Crippen MR) is 90.2 cm³/mol. The Balaban J connectivity index is 1.39. The van der Waals surface area contributed by atoms with E-state index < -0.39 is 0 Å². The van der Waals surface area contributed by atoms with Crippen LogP contribution in [0, 0.1) is 0 Å². The smallest absolute Gasteiger partial charge is 0.0931 e. The van der Waals surface area contributed by atoms with E-state index in [1.807, 2.05) is 17.8 Å². The number of rotatable bonds is 6. The van der Waals surface area contributed by atoms with Crippen molar-refractivity contribution in [1.82, 2.24) is 5.32 Å². The third-order valence-electron chi connectivity index (χ3n) is 3.55. The van der Waals surface area contributed by atoms with E-state index >= 15 is 0 Å². The van der Waals surface area contributed by atoms with E-state index in [9.17, 15) is 0 Å². The van der Waals surface area contributed by atoms with Gasteiger partial charge in [-0.25, -0.2) is 0 Å². The van der Waals surface area contributed by atoms with Gasteiger partial charge in [-0.2, -0.15) is 0 Å². The van der Waals surface area contributed by atoms with Crippen molar-refractivity contribution in [3.05, 3.63) is 50.7 Å². The molecule has 0 unspecified atom stereocenters. The van der Waals surface area contributed by atoms with E-state index in [1.54, 1.807) is 22.5 Å². The molecular weight excluding hydrogens is 306 g/mol. The Morgan fingerprint density at radius 3 is 2.90 bits per heavy atom. The highest BCUT2D eigenvalue weighted by molar-refractivity contribution is 7.99. The van der Waals surface area contributed by atoms with Crippen molar-refractivity contribution in [2.75, 3.05) is 12.3 Å². The molecule has 0 saturated carbocycles. The summed E-state index contributed by atoms with van der Waals surface area (Å²) in [4.78, 5) is 2.71. The minimum absolute atomic E-state index is 0.870. The van der Waals surface area contributed by atoms with Gasteiger partial charge in [0.15, 0.2) is 0 Å². The molecule has 0 atom stereocenters. The van der Waals surface area contributed by atoms with Crippen LogP contribution in [0.15, 0.2) is 35.2 Å². The van der Waals surface area contributed by atoms with Gasteiger partial charge in [-0.3, -0.25) is 0 Å². The quantitative estimate of drug-likeness (QED) is 0.607. The molecule has 1 aromatic carbocycles. The molecule has 0 aliphatic heterocycles. The first-order valence-electron chi connectivity index (χ1n) is 7.01. The maximum atomic E-state index is 5.91. The Morgan fingerprint density at radius 2 is 2.05 bits per heavy atom. The molecule has 1 nitrogen and oxygen atoms in total. The van der Waals surface area contributed by atoms with Crippen molar-refractivity contribution in [1.29, 1.82) is 0 Å². The van der Waals surface area contributed by atoms with E-state index in [-0.39, 0.29) is 0 Å². The van der Waals surface area contributed by atoms with Gasteiger partial charge in [0, 0.05) is 28.6 Å². The van der Waals surface area contributed by atoms with Crippen LogP contribution >= 0.6 is 34.7 Å². The van der Waals surface area contributed by atoms with Gasteiger partial charge in [0.05, 0.1) is 4.34 Å². The Bertz CT molecular complexity index is 580. The first kappa shape index (κ1) is 14.5. The predicted octanol–water partition coefficient (Wildman–Crippen LogP) is 4.77. The number of benzene rings is 1. The molecule has 2 aromatic rings. The summed E-state index contributed by atoms with van der Waals surface area (Å²) in [5, 5.41) is 3.47. The fraction of sp³-hybridized carbons (Fsp3) is 0.375. The van der Waals surface area contributed by atoms with Crippen LogP contribution in [0.1, 0.15) is 22.4 Å². The molecule has 0 amide bonds. The third kappa shape index (κ3) is 3.79. The third-order valence-corrected chi connectivity index (χ3v) is 5.77. The maximum absolute atomic E-state index is 5.91. The zero-order valence-corrected chi connectivity index (χ0v) is 13.7. The Hall–Kier alpha value is -0.480. The minimum Gasteiger partial charge on any atom is -0.311 e. The van der Waals surface area contributed by atoms with Gasteiger partial charge in [0.2, 0.25) is 0 Å². The highest BCUT2D eigenvalue weighted by Crippen LogP contribution is 2.27. The van der Waals surface area contributed by atoms with E-state index in [2.05, 4.69) is 29.6 Å². The van der Waals surface area contributed by atoms with Gasteiger partial charge in [0.1, 0.15) is 0 Å². The van der Waals surface area contributed by atoms with Gasteiger partial charge in [0.25, 0.3) is 0 Å². The first-order valence-corrected chi connectivity index (χ1v) is 9.19. The number of thiophene rings is 1. The summed E-state index contributed by atoms with van der Waals surface area (Å²) in [6, 6.07) is 11.0. The lowest BCUT2D eigenvalue weighted by Crippen LogP contribution is -2.15. The lowest BCUT2D eigenvalue weighted by molar-refractivity contribution is 0.741. The number of aryl methyl sites for hydroxylation is 2. The minimum atomic E-state index is 0.870. The van der Waals surface area contributed by atoms with Gasteiger partial charge >= 0.3 is 0 Å². The number of halogens is 1. The van der Waals surface area contributed by atoms with E-state index in [0.717, 1.165) is 23.2 Å². The number of hydrogen-bond acceptors (Lipinski definition) is 3. The SMILES string of the molecule is Clc1ccc(CNCCSc2ccc3c(c2)CCC3)s1. The number of thioether (sulfide) groups is 1. The summed E-state index contributed by atoms with van der Waals surface area (Å²) in [7, 11) is 0. The summed E-state index contributed by atoms with van der Waals surface area (Å²) in [6.07, 6.45) is 3.86. The first-order chi connectivity index (χ1) is 9.81. The largest absolute Gasteiger partial charge is 0.311 e. The summed E-state index contributed by atoms with van der Waals surface area (Å²) in [6.45, 7) is 1.94. The topological polar surface area (TPSA) is 12.0 Å². The van der Waals surface area contributed by atoms with Gasteiger partial charge < -0.3 is 5.32 Å². The monoisotopic (exact) mass is 323 g/mol. The fourth-order valence-corrected chi connectivity index (χ4v) is 4.47. The van der Waals surface area contributed by atoms with Crippen molar-refractivity contribution < 1.29 is 0 Å². The van der Waals surface area contributed by atoms with Crippen molar-refractivity contribution in [2.45, 2.75) is 30.7 Å². The molecule has 3 rings (SSSR count). The lowest BCUT2D eigenvalue weighted by Gasteiger charge is -2.06. The number of nitrogens with one attached hydrogen (secondary N) is 1. The summed E-state index contributed by atoms with van der Waals surface area (Å²) in [5.41, 5.74) is 3.12. The van der Waals surface area contributed by atoms with Gasteiger partial charge in [-0.05, 0) is 54.7 Å². The molecule has 1 N–H and O–H groups in total. The Kier molecular flexibility index (Phi) is 5.05. The zero-order chi connectivity index (χ0) is 13.8. The average Bonchev–Trinajstić information content (AvgIpc) is 3.06. The number of hydrogen-bond donors (Lipinski definition) is 1. The molecule has 0 spiro atoms. The summed E-state index contributed by atoms with van der Waals surface area (Å²) >= 11 is 9.51. The molecule has 4 heteroatoms. The van der Waals surface area contributed by atoms with Crippen LogP contribution in [0.2, 0.25) is 4.34 Å². The van der Waals surface area contributed by atoms with Gasteiger partial charge in [-0.1, -0.05) is 17.7 Å². The Labute approximate surface area is 133 Å². The Morgan fingerprint density at radius 1 is 1.15 bits per heavy atom. The molecule has 1 aliphatic rings.